The number of rotatable bonds is 3. The van der Waals surface area contributed by atoms with Crippen LogP contribution in [0.15, 0.2) is 30.3 Å². The number of benzene rings is 1. The van der Waals surface area contributed by atoms with Gasteiger partial charge in [0.05, 0.1) is 11.7 Å². The Morgan fingerprint density at radius 3 is 2.24 bits per heavy atom. The first kappa shape index (κ1) is 15.5. The maximum Gasteiger partial charge on any atom is 0.335 e. The molecule has 0 spiro atoms. The summed E-state index contributed by atoms with van der Waals surface area (Å²) in [4.78, 5) is 10.2. The molecule has 1 aromatic rings. The minimum atomic E-state index is -0.879. The number of hydrogen-bond acceptors (Lipinski definition) is 4. The Hall–Kier alpha value is -1.53. The van der Waals surface area contributed by atoms with Crippen molar-refractivity contribution in [2.75, 3.05) is 5.75 Å². The summed E-state index contributed by atoms with van der Waals surface area (Å²) in [6.45, 7) is 1.66. The van der Waals surface area contributed by atoms with Crippen LogP contribution in [0.25, 0.3) is 0 Å². The van der Waals surface area contributed by atoms with Gasteiger partial charge in [0, 0.05) is 5.75 Å². The molecule has 1 aromatic carbocycles. The number of hydrogen-bond donors (Lipinski definition) is 4. The zero-order chi connectivity index (χ0) is 13.3. The van der Waals surface area contributed by atoms with Crippen LogP contribution in [-0.4, -0.2) is 33.2 Å². The summed E-state index contributed by atoms with van der Waals surface area (Å²) in [5.74, 6) is -0.370. The molecule has 1 unspecified atom stereocenters. The van der Waals surface area contributed by atoms with Crippen LogP contribution in [-0.2, 0) is 0 Å². The summed E-state index contributed by atoms with van der Waals surface area (Å²) in [6, 6.07) is 8.30. The van der Waals surface area contributed by atoms with Gasteiger partial charge in [0.1, 0.15) is 0 Å². The molecular formula is C11H16N2O3S. The third-order valence-electron chi connectivity index (χ3n) is 1.50. The van der Waals surface area contributed by atoms with Gasteiger partial charge in [-0.2, -0.15) is 0 Å². The van der Waals surface area contributed by atoms with Crippen molar-refractivity contribution in [2.45, 2.75) is 13.0 Å². The van der Waals surface area contributed by atoms with E-state index in [2.05, 4.69) is 0 Å². The lowest BCUT2D eigenvalue weighted by Gasteiger charge is -1.99. The van der Waals surface area contributed by atoms with E-state index in [4.69, 9.17) is 21.4 Å². The summed E-state index contributed by atoms with van der Waals surface area (Å²) in [7, 11) is 0. The second kappa shape index (κ2) is 8.60. The van der Waals surface area contributed by atoms with E-state index in [9.17, 15) is 4.79 Å². The van der Waals surface area contributed by atoms with E-state index >= 15 is 0 Å². The van der Waals surface area contributed by atoms with Crippen molar-refractivity contribution in [1.29, 1.82) is 5.41 Å². The predicted molar refractivity (Wildman–Crippen MR) is 69.5 cm³/mol. The Balaban J connectivity index is 0.000000304. The van der Waals surface area contributed by atoms with Crippen molar-refractivity contribution in [3.05, 3.63) is 35.9 Å². The normalized spacial score (nSPS) is 10.9. The van der Waals surface area contributed by atoms with Crippen LogP contribution in [0.2, 0.25) is 0 Å². The first-order chi connectivity index (χ1) is 7.93. The molecule has 1 atom stereocenters. The maximum absolute atomic E-state index is 10.2. The smallest absolute Gasteiger partial charge is 0.335 e. The van der Waals surface area contributed by atoms with Gasteiger partial charge in [-0.05, 0) is 19.1 Å². The van der Waals surface area contributed by atoms with E-state index in [-0.39, 0.29) is 11.3 Å². The quantitative estimate of drug-likeness (QED) is 0.482. The van der Waals surface area contributed by atoms with E-state index in [0.29, 0.717) is 11.3 Å². The van der Waals surface area contributed by atoms with Crippen LogP contribution in [0.4, 0.5) is 0 Å². The fraction of sp³-hybridized carbons (Fsp3) is 0.273. The standard InChI is InChI=1S/C7H6O2.C4H10N2OS/c8-7(9)6-4-2-1-3-5-6;1-3(7)2-8-4(5)6/h1-5H,(H,8,9);3,7H,2H2,1H3,(H3,5,6). The third kappa shape index (κ3) is 9.40. The summed E-state index contributed by atoms with van der Waals surface area (Å²) in [5, 5.41) is 23.8. The Labute approximate surface area is 104 Å². The number of carboxylic acids is 1. The minimum absolute atomic E-state index is 0.0610. The molecule has 5 nitrogen and oxygen atoms in total. The first-order valence-electron chi connectivity index (χ1n) is 4.86. The number of nitrogens with one attached hydrogen (secondary N) is 1. The number of carbonyl (C=O) groups is 1. The largest absolute Gasteiger partial charge is 0.478 e. The molecule has 0 saturated heterocycles. The maximum atomic E-state index is 10.2. The van der Waals surface area contributed by atoms with Gasteiger partial charge in [-0.1, -0.05) is 30.0 Å². The van der Waals surface area contributed by atoms with Crippen molar-refractivity contribution in [2.24, 2.45) is 5.73 Å². The molecule has 0 heterocycles. The van der Waals surface area contributed by atoms with E-state index in [1.54, 1.807) is 37.3 Å². The van der Waals surface area contributed by atoms with E-state index in [1.165, 1.54) is 0 Å². The summed E-state index contributed by atoms with van der Waals surface area (Å²) in [5.41, 5.74) is 5.31. The predicted octanol–water partition coefficient (Wildman–Crippen LogP) is 1.38. The molecule has 0 aliphatic carbocycles. The van der Waals surface area contributed by atoms with Gasteiger partial charge in [0.25, 0.3) is 0 Å². The van der Waals surface area contributed by atoms with Gasteiger partial charge in [-0.3, -0.25) is 5.41 Å². The van der Waals surface area contributed by atoms with Crippen LogP contribution in [0.3, 0.4) is 0 Å². The van der Waals surface area contributed by atoms with Crippen LogP contribution >= 0.6 is 11.8 Å². The Morgan fingerprint density at radius 2 is 2.00 bits per heavy atom. The van der Waals surface area contributed by atoms with Crippen LogP contribution in [0, 0.1) is 5.41 Å². The Kier molecular flexibility index (Phi) is 7.83. The molecule has 0 fully saturated rings. The second-order valence-corrected chi connectivity index (χ2v) is 4.26. The number of aliphatic hydroxyl groups is 1. The van der Waals surface area contributed by atoms with Crippen molar-refractivity contribution in [3.63, 3.8) is 0 Å². The molecule has 1 rings (SSSR count). The molecule has 0 aliphatic heterocycles. The van der Waals surface area contributed by atoms with Gasteiger partial charge >= 0.3 is 5.97 Å². The summed E-state index contributed by atoms with van der Waals surface area (Å²) >= 11 is 1.15. The third-order valence-corrected chi connectivity index (χ3v) is 2.46. The molecule has 0 aliphatic rings. The van der Waals surface area contributed by atoms with Crippen molar-refractivity contribution in [1.82, 2.24) is 0 Å². The van der Waals surface area contributed by atoms with Crippen LogP contribution in [0.5, 0.6) is 0 Å². The molecule has 17 heavy (non-hydrogen) atoms. The topological polar surface area (TPSA) is 107 Å². The highest BCUT2D eigenvalue weighted by Crippen LogP contribution is 1.99. The Bertz CT molecular complexity index is 355. The van der Waals surface area contributed by atoms with Gasteiger partial charge in [0.15, 0.2) is 5.17 Å². The van der Waals surface area contributed by atoms with E-state index in [0.717, 1.165) is 11.8 Å². The zero-order valence-electron chi connectivity index (χ0n) is 9.46. The number of thioether (sulfide) groups is 1. The average Bonchev–Trinajstić information content (AvgIpc) is 2.28. The molecule has 0 saturated carbocycles. The molecule has 0 aromatic heterocycles. The van der Waals surface area contributed by atoms with Crippen molar-refractivity contribution >= 4 is 22.9 Å². The molecule has 5 N–H and O–H groups in total. The lowest BCUT2D eigenvalue weighted by molar-refractivity contribution is 0.0697. The minimum Gasteiger partial charge on any atom is -0.478 e. The van der Waals surface area contributed by atoms with Gasteiger partial charge in [0.2, 0.25) is 0 Å². The van der Waals surface area contributed by atoms with Gasteiger partial charge in [-0.25, -0.2) is 4.79 Å². The van der Waals surface area contributed by atoms with E-state index < -0.39 is 5.97 Å². The first-order valence-corrected chi connectivity index (χ1v) is 5.85. The summed E-state index contributed by atoms with van der Waals surface area (Å²) in [6.07, 6.45) is -0.371. The van der Waals surface area contributed by atoms with Crippen LogP contribution < -0.4 is 5.73 Å². The highest BCUT2D eigenvalue weighted by atomic mass is 32.2. The Morgan fingerprint density at radius 1 is 1.47 bits per heavy atom. The number of aromatic carboxylic acids is 1. The average molecular weight is 256 g/mol. The van der Waals surface area contributed by atoms with Gasteiger partial charge < -0.3 is 15.9 Å². The molecule has 6 heteroatoms. The molecule has 0 amide bonds. The monoisotopic (exact) mass is 256 g/mol. The fourth-order valence-electron chi connectivity index (χ4n) is 0.791. The van der Waals surface area contributed by atoms with Crippen molar-refractivity contribution < 1.29 is 15.0 Å². The molecule has 0 bridgehead atoms. The highest BCUT2D eigenvalue weighted by Gasteiger charge is 1.96. The SMILES string of the molecule is CC(O)CSC(=N)N.O=C(O)c1ccccc1. The van der Waals surface area contributed by atoms with Crippen LogP contribution in [0.1, 0.15) is 17.3 Å². The highest BCUT2D eigenvalue weighted by molar-refractivity contribution is 8.13. The lowest BCUT2D eigenvalue weighted by atomic mass is 10.2. The van der Waals surface area contributed by atoms with E-state index in [1.807, 2.05) is 0 Å². The lowest BCUT2D eigenvalue weighted by Crippen LogP contribution is -2.10. The number of amidine groups is 1. The number of carboxylic acid groups (broad SMARTS) is 1. The zero-order valence-corrected chi connectivity index (χ0v) is 10.3. The fourth-order valence-corrected chi connectivity index (χ4v) is 1.21. The van der Waals surface area contributed by atoms with Crippen molar-refractivity contribution in [3.8, 4) is 0 Å². The van der Waals surface area contributed by atoms with Gasteiger partial charge in [-0.15, -0.1) is 0 Å². The number of nitrogens with two attached hydrogens (primary N) is 1. The molecule has 0 radical (unpaired) electrons. The summed E-state index contributed by atoms with van der Waals surface area (Å²) < 4.78 is 0. The molecular weight excluding hydrogens is 240 g/mol. The second-order valence-electron chi connectivity index (χ2n) is 3.20. The number of aliphatic hydroxyl groups excluding tert-OH is 1. The molecule has 94 valence electrons.